The number of amides is 2. The lowest BCUT2D eigenvalue weighted by Gasteiger charge is -2.32. The second-order valence-corrected chi connectivity index (χ2v) is 10.2. The van der Waals surface area contributed by atoms with Gasteiger partial charge in [-0.1, -0.05) is 89.1 Å². The topological polar surface area (TPSA) is 49.4 Å². The normalized spacial score (nSPS) is 12.6. The molecule has 2 amide bonds. The van der Waals surface area contributed by atoms with Gasteiger partial charge in [0.1, 0.15) is 6.04 Å². The van der Waals surface area contributed by atoms with Crippen LogP contribution in [-0.2, 0) is 29.0 Å². The molecule has 3 aromatic rings. The zero-order valence-electron chi connectivity index (χ0n) is 21.1. The average Bonchev–Trinajstić information content (AvgIpc) is 2.85. The number of benzene rings is 3. The van der Waals surface area contributed by atoms with E-state index in [2.05, 4.69) is 33.4 Å². The standard InChI is InChI=1S/C30H35BrN2O2/c1-5-23(4)32-30(35)28(18-24-9-7-6-8-10-24)33(20-25-13-15-27(31)16-14-25)29(34)19-26-17-21(2)11-12-22(26)3/h6-17,23,28H,5,18-20H2,1-4H3,(H,32,35)/t23-,28-/m1/s1. The summed E-state index contributed by atoms with van der Waals surface area (Å²) in [5.41, 5.74) is 5.20. The summed E-state index contributed by atoms with van der Waals surface area (Å²) in [6.07, 6.45) is 1.54. The second kappa shape index (κ2) is 12.7. The van der Waals surface area contributed by atoms with Crippen molar-refractivity contribution in [1.29, 1.82) is 0 Å². The Bertz CT molecular complexity index is 1130. The van der Waals surface area contributed by atoms with E-state index in [1.54, 1.807) is 4.90 Å². The summed E-state index contributed by atoms with van der Waals surface area (Å²) in [4.78, 5) is 29.2. The molecule has 3 rings (SSSR count). The van der Waals surface area contributed by atoms with Gasteiger partial charge in [-0.25, -0.2) is 0 Å². The summed E-state index contributed by atoms with van der Waals surface area (Å²) < 4.78 is 0.977. The smallest absolute Gasteiger partial charge is 0.243 e. The van der Waals surface area contributed by atoms with Crippen molar-refractivity contribution in [2.75, 3.05) is 0 Å². The number of hydrogen-bond donors (Lipinski definition) is 1. The zero-order valence-corrected chi connectivity index (χ0v) is 22.6. The van der Waals surface area contributed by atoms with Gasteiger partial charge in [-0.05, 0) is 61.6 Å². The maximum Gasteiger partial charge on any atom is 0.243 e. The van der Waals surface area contributed by atoms with Crippen LogP contribution in [0.4, 0.5) is 0 Å². The van der Waals surface area contributed by atoms with Crippen LogP contribution in [0.5, 0.6) is 0 Å². The molecule has 0 aliphatic heterocycles. The number of halogens is 1. The highest BCUT2D eigenvalue weighted by atomic mass is 79.9. The molecule has 0 radical (unpaired) electrons. The minimum absolute atomic E-state index is 0.0319. The number of rotatable bonds is 10. The first-order valence-corrected chi connectivity index (χ1v) is 13.0. The lowest BCUT2D eigenvalue weighted by atomic mass is 9.99. The average molecular weight is 536 g/mol. The molecule has 3 aromatic carbocycles. The highest BCUT2D eigenvalue weighted by molar-refractivity contribution is 9.10. The molecule has 0 fully saturated rings. The van der Waals surface area contributed by atoms with Crippen molar-refractivity contribution in [2.24, 2.45) is 0 Å². The molecular formula is C30H35BrN2O2. The van der Waals surface area contributed by atoms with E-state index in [0.29, 0.717) is 13.0 Å². The molecule has 0 unspecified atom stereocenters. The summed E-state index contributed by atoms with van der Waals surface area (Å²) in [6.45, 7) is 8.46. The van der Waals surface area contributed by atoms with Crippen molar-refractivity contribution in [3.63, 3.8) is 0 Å². The molecule has 0 saturated heterocycles. The summed E-state index contributed by atoms with van der Waals surface area (Å²) in [5.74, 6) is -0.170. The van der Waals surface area contributed by atoms with Crippen LogP contribution in [0.3, 0.4) is 0 Å². The van der Waals surface area contributed by atoms with Gasteiger partial charge in [-0.15, -0.1) is 0 Å². The highest BCUT2D eigenvalue weighted by Crippen LogP contribution is 2.20. The van der Waals surface area contributed by atoms with Gasteiger partial charge in [0.2, 0.25) is 11.8 Å². The third kappa shape index (κ3) is 7.79. The van der Waals surface area contributed by atoms with Crippen molar-refractivity contribution in [1.82, 2.24) is 10.2 Å². The van der Waals surface area contributed by atoms with Gasteiger partial charge in [-0.2, -0.15) is 0 Å². The SMILES string of the molecule is CC[C@@H](C)NC(=O)[C@@H](Cc1ccccc1)N(Cc1ccc(Br)cc1)C(=O)Cc1cc(C)ccc1C. The molecular weight excluding hydrogens is 500 g/mol. The lowest BCUT2D eigenvalue weighted by molar-refractivity contribution is -0.141. The quantitative estimate of drug-likeness (QED) is 0.338. The van der Waals surface area contributed by atoms with Crippen LogP contribution in [0, 0.1) is 13.8 Å². The van der Waals surface area contributed by atoms with Crippen molar-refractivity contribution < 1.29 is 9.59 Å². The molecule has 1 N–H and O–H groups in total. The van der Waals surface area contributed by atoms with Gasteiger partial charge >= 0.3 is 0 Å². The van der Waals surface area contributed by atoms with Gasteiger partial charge in [-0.3, -0.25) is 9.59 Å². The molecule has 0 aliphatic carbocycles. The van der Waals surface area contributed by atoms with Crippen LogP contribution in [0.15, 0.2) is 77.3 Å². The highest BCUT2D eigenvalue weighted by Gasteiger charge is 2.31. The van der Waals surface area contributed by atoms with Crippen LogP contribution < -0.4 is 5.32 Å². The van der Waals surface area contributed by atoms with E-state index >= 15 is 0 Å². The Hall–Kier alpha value is -2.92. The Balaban J connectivity index is 1.99. The van der Waals surface area contributed by atoms with Crippen LogP contribution >= 0.6 is 15.9 Å². The summed E-state index contributed by atoms with van der Waals surface area (Å²) >= 11 is 3.49. The fourth-order valence-corrected chi connectivity index (χ4v) is 4.30. The fourth-order valence-electron chi connectivity index (χ4n) is 4.04. The predicted molar refractivity (Wildman–Crippen MR) is 146 cm³/mol. The number of hydrogen-bond acceptors (Lipinski definition) is 2. The molecule has 184 valence electrons. The van der Waals surface area contributed by atoms with E-state index in [9.17, 15) is 9.59 Å². The molecule has 5 heteroatoms. The van der Waals surface area contributed by atoms with Crippen LogP contribution in [0.25, 0.3) is 0 Å². The van der Waals surface area contributed by atoms with Crippen molar-refractivity contribution in [2.45, 2.75) is 65.6 Å². The number of carbonyl (C=O) groups excluding carboxylic acids is 2. The van der Waals surface area contributed by atoms with E-state index in [1.165, 1.54) is 0 Å². The minimum Gasteiger partial charge on any atom is -0.352 e. The maximum absolute atomic E-state index is 13.9. The maximum atomic E-state index is 13.9. The first-order valence-electron chi connectivity index (χ1n) is 12.2. The van der Waals surface area contributed by atoms with Gasteiger partial charge in [0, 0.05) is 23.5 Å². The van der Waals surface area contributed by atoms with Crippen LogP contribution in [0.1, 0.15) is 48.1 Å². The van der Waals surface area contributed by atoms with E-state index in [-0.39, 0.29) is 24.3 Å². The zero-order chi connectivity index (χ0) is 25.4. The molecule has 0 spiro atoms. The Kier molecular flexibility index (Phi) is 9.67. The van der Waals surface area contributed by atoms with Gasteiger partial charge in [0.15, 0.2) is 0 Å². The molecule has 0 saturated carbocycles. The Morgan fingerprint density at radius 2 is 1.63 bits per heavy atom. The van der Waals surface area contributed by atoms with Crippen molar-refractivity contribution >= 4 is 27.7 Å². The molecule has 0 aromatic heterocycles. The van der Waals surface area contributed by atoms with E-state index < -0.39 is 6.04 Å². The van der Waals surface area contributed by atoms with E-state index in [0.717, 1.165) is 38.7 Å². The van der Waals surface area contributed by atoms with Gasteiger partial charge in [0.25, 0.3) is 0 Å². The summed E-state index contributed by atoms with van der Waals surface area (Å²) in [6, 6.07) is 23.4. The lowest BCUT2D eigenvalue weighted by Crippen LogP contribution is -2.52. The largest absolute Gasteiger partial charge is 0.352 e. The molecule has 4 nitrogen and oxygen atoms in total. The van der Waals surface area contributed by atoms with E-state index in [1.807, 2.05) is 88.4 Å². The summed E-state index contributed by atoms with van der Waals surface area (Å²) in [5, 5.41) is 3.12. The first kappa shape index (κ1) is 26.7. The first-order chi connectivity index (χ1) is 16.8. The molecule has 0 bridgehead atoms. The third-order valence-corrected chi connectivity index (χ3v) is 6.91. The number of aryl methyl sites for hydroxylation is 2. The van der Waals surface area contributed by atoms with E-state index in [4.69, 9.17) is 0 Å². The Morgan fingerprint density at radius 3 is 2.29 bits per heavy atom. The van der Waals surface area contributed by atoms with Crippen LogP contribution in [-0.4, -0.2) is 28.8 Å². The number of carbonyl (C=O) groups is 2. The van der Waals surface area contributed by atoms with Gasteiger partial charge < -0.3 is 10.2 Å². The fraction of sp³-hybridized carbons (Fsp3) is 0.333. The number of nitrogens with one attached hydrogen (secondary N) is 1. The molecule has 2 atom stereocenters. The van der Waals surface area contributed by atoms with Crippen molar-refractivity contribution in [3.05, 3.63) is 105 Å². The predicted octanol–water partition coefficient (Wildman–Crippen LogP) is 6.16. The van der Waals surface area contributed by atoms with Crippen LogP contribution in [0.2, 0.25) is 0 Å². The molecule has 0 heterocycles. The van der Waals surface area contributed by atoms with Gasteiger partial charge in [0.05, 0.1) is 6.42 Å². The molecule has 0 aliphatic rings. The van der Waals surface area contributed by atoms with Crippen molar-refractivity contribution in [3.8, 4) is 0 Å². The Morgan fingerprint density at radius 1 is 0.943 bits per heavy atom. The summed E-state index contributed by atoms with van der Waals surface area (Å²) in [7, 11) is 0. The molecule has 35 heavy (non-hydrogen) atoms. The Labute approximate surface area is 217 Å². The third-order valence-electron chi connectivity index (χ3n) is 6.38. The monoisotopic (exact) mass is 534 g/mol. The number of nitrogens with zero attached hydrogens (tertiary/aromatic N) is 1. The minimum atomic E-state index is -0.618. The second-order valence-electron chi connectivity index (χ2n) is 9.28.